The lowest BCUT2D eigenvalue weighted by atomic mass is 9.82. The van der Waals surface area contributed by atoms with Crippen molar-refractivity contribution in [1.82, 2.24) is 0 Å². The maximum absolute atomic E-state index is 11.8. The van der Waals surface area contributed by atoms with Gasteiger partial charge in [-0.3, -0.25) is 4.79 Å². The van der Waals surface area contributed by atoms with Crippen molar-refractivity contribution < 1.29 is 28.9 Å². The normalized spacial score (nSPS) is 42.0. The summed E-state index contributed by atoms with van der Waals surface area (Å²) in [6.45, 7) is 7.24. The molecule has 0 saturated carbocycles. The number of aliphatic hydroxyl groups excluding tert-OH is 1. The van der Waals surface area contributed by atoms with E-state index >= 15 is 0 Å². The molecule has 0 aromatic heterocycles. The SMILES string of the molecule is C=C1C(=O)O[C@H]2/C=C(/COC(C)=O)CC[C@H]3O[C@@]3(C)C[C@H](O)[C@@H]12. The van der Waals surface area contributed by atoms with Crippen molar-refractivity contribution in [3.05, 3.63) is 23.8 Å². The van der Waals surface area contributed by atoms with Gasteiger partial charge in [-0.05, 0) is 31.4 Å². The van der Waals surface area contributed by atoms with Gasteiger partial charge in [0.05, 0.1) is 23.7 Å². The van der Waals surface area contributed by atoms with Crippen LogP contribution >= 0.6 is 0 Å². The zero-order chi connectivity index (χ0) is 16.8. The van der Waals surface area contributed by atoms with Gasteiger partial charge < -0.3 is 19.3 Å². The number of esters is 2. The van der Waals surface area contributed by atoms with Gasteiger partial charge in [0.25, 0.3) is 0 Å². The fourth-order valence-electron chi connectivity index (χ4n) is 3.52. The Morgan fingerprint density at radius 2 is 2.30 bits per heavy atom. The van der Waals surface area contributed by atoms with Crippen LogP contribution in [0, 0.1) is 5.92 Å². The second kappa shape index (κ2) is 5.76. The Kier molecular flexibility index (Phi) is 4.06. The first-order valence-electron chi connectivity index (χ1n) is 7.89. The second-order valence-corrected chi connectivity index (χ2v) is 6.76. The Hall–Kier alpha value is -1.66. The van der Waals surface area contributed by atoms with Crippen molar-refractivity contribution >= 4 is 11.9 Å². The van der Waals surface area contributed by atoms with Crippen molar-refractivity contribution in [1.29, 1.82) is 0 Å². The third-order valence-corrected chi connectivity index (χ3v) is 4.91. The predicted octanol–water partition coefficient (Wildman–Crippen LogP) is 1.28. The van der Waals surface area contributed by atoms with Crippen LogP contribution in [0.4, 0.5) is 0 Å². The lowest BCUT2D eigenvalue weighted by Crippen LogP contribution is -2.33. The molecule has 3 aliphatic rings. The smallest absolute Gasteiger partial charge is 0.334 e. The molecule has 3 rings (SSSR count). The van der Waals surface area contributed by atoms with Gasteiger partial charge in [-0.15, -0.1) is 0 Å². The summed E-state index contributed by atoms with van der Waals surface area (Å²) in [5, 5.41) is 10.6. The number of ether oxygens (including phenoxy) is 3. The van der Waals surface area contributed by atoms with E-state index in [2.05, 4.69) is 6.58 Å². The minimum atomic E-state index is -0.765. The molecule has 126 valence electrons. The second-order valence-electron chi connectivity index (χ2n) is 6.76. The molecule has 0 unspecified atom stereocenters. The molecule has 2 saturated heterocycles. The highest BCUT2D eigenvalue weighted by atomic mass is 16.6. The van der Waals surface area contributed by atoms with Gasteiger partial charge in [-0.1, -0.05) is 6.58 Å². The first-order chi connectivity index (χ1) is 10.8. The zero-order valence-corrected chi connectivity index (χ0v) is 13.4. The molecule has 0 radical (unpaired) electrons. The molecule has 2 heterocycles. The number of hydrogen-bond donors (Lipinski definition) is 1. The molecule has 0 aromatic carbocycles. The summed E-state index contributed by atoms with van der Waals surface area (Å²) in [7, 11) is 0. The molecule has 0 bridgehead atoms. The van der Waals surface area contributed by atoms with Crippen molar-refractivity contribution in [2.45, 2.75) is 57.0 Å². The summed E-state index contributed by atoms with van der Waals surface area (Å²) >= 11 is 0. The Bertz CT molecular complexity index is 580. The van der Waals surface area contributed by atoms with Crippen LogP contribution in [0.3, 0.4) is 0 Å². The van der Waals surface area contributed by atoms with E-state index in [1.54, 1.807) is 6.08 Å². The Morgan fingerprint density at radius 1 is 1.57 bits per heavy atom. The molecule has 0 aromatic rings. The molecule has 0 spiro atoms. The summed E-state index contributed by atoms with van der Waals surface area (Å²) in [5.41, 5.74) is 0.774. The Labute approximate surface area is 135 Å². The largest absolute Gasteiger partial charge is 0.461 e. The molecule has 2 aliphatic heterocycles. The lowest BCUT2D eigenvalue weighted by molar-refractivity contribution is -0.140. The summed E-state index contributed by atoms with van der Waals surface area (Å²) in [5.74, 6) is -1.34. The van der Waals surface area contributed by atoms with Gasteiger partial charge in [-0.25, -0.2) is 4.79 Å². The number of carbonyl (C=O) groups excluding carboxylic acids is 2. The van der Waals surface area contributed by atoms with E-state index in [-0.39, 0.29) is 29.9 Å². The van der Waals surface area contributed by atoms with Crippen LogP contribution in [-0.2, 0) is 23.8 Å². The number of aliphatic hydroxyl groups is 1. The number of carbonyl (C=O) groups is 2. The maximum atomic E-state index is 11.8. The highest BCUT2D eigenvalue weighted by Crippen LogP contribution is 2.46. The third-order valence-electron chi connectivity index (χ3n) is 4.91. The average Bonchev–Trinajstić information content (AvgIpc) is 3.00. The third kappa shape index (κ3) is 3.19. The molecule has 1 aliphatic carbocycles. The van der Waals surface area contributed by atoms with Gasteiger partial charge in [0, 0.05) is 18.9 Å². The molecule has 6 nitrogen and oxygen atoms in total. The van der Waals surface area contributed by atoms with Gasteiger partial charge in [-0.2, -0.15) is 0 Å². The molecular formula is C17H22O6. The minimum Gasteiger partial charge on any atom is -0.461 e. The van der Waals surface area contributed by atoms with Gasteiger partial charge in [0.1, 0.15) is 12.7 Å². The zero-order valence-electron chi connectivity index (χ0n) is 13.4. The Balaban J connectivity index is 1.87. The maximum Gasteiger partial charge on any atom is 0.334 e. The first kappa shape index (κ1) is 16.2. The molecule has 1 N–H and O–H groups in total. The molecule has 5 atom stereocenters. The van der Waals surface area contributed by atoms with Crippen LogP contribution in [-0.4, -0.2) is 47.6 Å². The first-order valence-corrected chi connectivity index (χ1v) is 7.89. The molecular weight excluding hydrogens is 300 g/mol. The predicted molar refractivity (Wildman–Crippen MR) is 80.4 cm³/mol. The highest BCUT2D eigenvalue weighted by Gasteiger charge is 2.55. The van der Waals surface area contributed by atoms with E-state index in [9.17, 15) is 14.7 Å². The van der Waals surface area contributed by atoms with E-state index < -0.39 is 24.1 Å². The molecule has 23 heavy (non-hydrogen) atoms. The number of rotatable bonds is 2. The van der Waals surface area contributed by atoms with Crippen LogP contribution in [0.25, 0.3) is 0 Å². The molecule has 2 fully saturated rings. The standard InChI is InChI=1S/C17H22O6/c1-9-15-12(19)7-17(3)14(23-17)5-4-11(8-21-10(2)18)6-13(15)22-16(9)20/h6,12-15,19H,1,4-5,7-8H2,2-3H3/b11-6+/t12-,13-,14+,15+,17-/m0/s1. The van der Waals surface area contributed by atoms with E-state index in [1.165, 1.54) is 6.92 Å². The average molecular weight is 322 g/mol. The number of epoxide rings is 1. The molecule has 0 amide bonds. The van der Waals surface area contributed by atoms with Gasteiger partial charge in [0.15, 0.2) is 0 Å². The monoisotopic (exact) mass is 322 g/mol. The quantitative estimate of drug-likeness (QED) is 0.357. The lowest BCUT2D eigenvalue weighted by Gasteiger charge is -2.24. The van der Waals surface area contributed by atoms with E-state index in [0.717, 1.165) is 12.0 Å². The summed E-state index contributed by atoms with van der Waals surface area (Å²) in [6, 6.07) is 0. The van der Waals surface area contributed by atoms with Crippen LogP contribution in [0.5, 0.6) is 0 Å². The van der Waals surface area contributed by atoms with Crippen LogP contribution in [0.1, 0.15) is 33.1 Å². The molecule has 6 heteroatoms. The summed E-state index contributed by atoms with van der Waals surface area (Å²) in [6.07, 6.45) is 2.44. The summed E-state index contributed by atoms with van der Waals surface area (Å²) in [4.78, 5) is 22.9. The van der Waals surface area contributed by atoms with E-state index in [4.69, 9.17) is 14.2 Å². The van der Waals surface area contributed by atoms with Crippen LogP contribution < -0.4 is 0 Å². The van der Waals surface area contributed by atoms with E-state index in [0.29, 0.717) is 12.8 Å². The fourth-order valence-corrected chi connectivity index (χ4v) is 3.52. The topological polar surface area (TPSA) is 85.4 Å². The van der Waals surface area contributed by atoms with Crippen LogP contribution in [0.2, 0.25) is 0 Å². The van der Waals surface area contributed by atoms with Gasteiger partial charge in [0.2, 0.25) is 0 Å². The van der Waals surface area contributed by atoms with Crippen molar-refractivity contribution in [3.8, 4) is 0 Å². The fraction of sp³-hybridized carbons (Fsp3) is 0.647. The van der Waals surface area contributed by atoms with E-state index in [1.807, 2.05) is 6.92 Å². The van der Waals surface area contributed by atoms with Crippen LogP contribution in [0.15, 0.2) is 23.8 Å². The minimum absolute atomic E-state index is 0.0701. The van der Waals surface area contributed by atoms with Crippen molar-refractivity contribution in [2.75, 3.05) is 6.61 Å². The highest BCUT2D eigenvalue weighted by molar-refractivity contribution is 5.91. The number of fused-ring (bicyclic) bond motifs is 2. The van der Waals surface area contributed by atoms with Crippen molar-refractivity contribution in [2.24, 2.45) is 5.92 Å². The Morgan fingerprint density at radius 3 is 3.00 bits per heavy atom. The van der Waals surface area contributed by atoms with Crippen molar-refractivity contribution in [3.63, 3.8) is 0 Å². The van der Waals surface area contributed by atoms with Gasteiger partial charge >= 0.3 is 11.9 Å². The summed E-state index contributed by atoms with van der Waals surface area (Å²) < 4.78 is 16.2. The number of hydrogen-bond acceptors (Lipinski definition) is 6.